The molecule has 1 atom stereocenters. The Balaban J connectivity index is 2.34. The van der Waals surface area contributed by atoms with Gasteiger partial charge in [0, 0.05) is 13.6 Å². The molecule has 16 heavy (non-hydrogen) atoms. The van der Waals surface area contributed by atoms with Gasteiger partial charge in [-0.05, 0) is 19.4 Å². The van der Waals surface area contributed by atoms with Crippen LogP contribution in [0.1, 0.15) is 25.7 Å². The summed E-state index contributed by atoms with van der Waals surface area (Å²) in [6, 6.07) is -0.299. The average molecular weight is 238 g/mol. The van der Waals surface area contributed by atoms with Crippen molar-refractivity contribution in [3.63, 3.8) is 0 Å². The van der Waals surface area contributed by atoms with Gasteiger partial charge in [-0.15, -0.1) is 0 Å². The number of carbonyl (C=O) groups excluding carboxylic acids is 1. The smallest absolute Gasteiger partial charge is 0.344 e. The predicted octanol–water partition coefficient (Wildman–Crippen LogP) is 1.54. The highest BCUT2D eigenvalue weighted by molar-refractivity contribution is 5.81. The molecule has 1 N–H and O–H groups in total. The number of halogens is 3. The normalized spacial score (nSPS) is 21.9. The molecule has 0 bridgehead atoms. The molecule has 1 saturated heterocycles. The van der Waals surface area contributed by atoms with Crippen LogP contribution in [0.3, 0.4) is 0 Å². The number of rotatable bonds is 3. The molecule has 1 rings (SSSR count). The maximum atomic E-state index is 12.0. The van der Waals surface area contributed by atoms with Gasteiger partial charge in [0.15, 0.2) is 0 Å². The maximum Gasteiger partial charge on any atom is 0.390 e. The maximum absolute atomic E-state index is 12.0. The topological polar surface area (TPSA) is 32.3 Å². The number of hydrogen-bond donors (Lipinski definition) is 1. The van der Waals surface area contributed by atoms with E-state index in [1.807, 2.05) is 0 Å². The Kier molecular flexibility index (Phi) is 4.58. The van der Waals surface area contributed by atoms with Gasteiger partial charge in [-0.25, -0.2) is 0 Å². The highest BCUT2D eigenvalue weighted by atomic mass is 19.4. The van der Waals surface area contributed by atoms with E-state index < -0.39 is 12.6 Å². The van der Waals surface area contributed by atoms with Crippen molar-refractivity contribution in [2.75, 3.05) is 20.1 Å². The molecule has 0 spiro atoms. The molecule has 3 nitrogen and oxygen atoms in total. The van der Waals surface area contributed by atoms with E-state index in [1.165, 1.54) is 7.05 Å². The molecule has 1 fully saturated rings. The van der Waals surface area contributed by atoms with Crippen LogP contribution in [0, 0.1) is 0 Å². The third kappa shape index (κ3) is 4.38. The van der Waals surface area contributed by atoms with Gasteiger partial charge in [-0.2, -0.15) is 13.2 Å². The summed E-state index contributed by atoms with van der Waals surface area (Å²) in [7, 11) is 1.42. The van der Waals surface area contributed by atoms with Crippen molar-refractivity contribution in [2.24, 2.45) is 0 Å². The van der Waals surface area contributed by atoms with E-state index >= 15 is 0 Å². The molecule has 0 aliphatic carbocycles. The zero-order chi connectivity index (χ0) is 12.2. The van der Waals surface area contributed by atoms with Gasteiger partial charge in [-0.1, -0.05) is 6.42 Å². The molecular weight excluding hydrogens is 221 g/mol. The highest BCUT2D eigenvalue weighted by Gasteiger charge is 2.30. The summed E-state index contributed by atoms with van der Waals surface area (Å²) in [6.45, 7) is 0.504. The second-order valence-corrected chi connectivity index (χ2v) is 4.13. The van der Waals surface area contributed by atoms with Crippen LogP contribution >= 0.6 is 0 Å². The van der Waals surface area contributed by atoms with Gasteiger partial charge in [0.05, 0.1) is 12.5 Å². The van der Waals surface area contributed by atoms with E-state index in [0.717, 1.165) is 30.7 Å². The first-order valence-corrected chi connectivity index (χ1v) is 5.45. The van der Waals surface area contributed by atoms with E-state index in [-0.39, 0.29) is 18.5 Å². The fraction of sp³-hybridized carbons (Fsp3) is 0.900. The lowest BCUT2D eigenvalue weighted by Gasteiger charge is -2.27. The minimum absolute atomic E-state index is 0.232. The lowest BCUT2D eigenvalue weighted by atomic mass is 10.0. The Hall–Kier alpha value is -0.780. The Morgan fingerprint density at radius 2 is 2.12 bits per heavy atom. The summed E-state index contributed by atoms with van der Waals surface area (Å²) in [5, 5.41) is 3.02. The average Bonchev–Trinajstić information content (AvgIpc) is 2.25. The predicted molar refractivity (Wildman–Crippen MR) is 54.0 cm³/mol. The molecule has 0 saturated carbocycles. The van der Waals surface area contributed by atoms with Crippen molar-refractivity contribution < 1.29 is 18.0 Å². The quantitative estimate of drug-likeness (QED) is 0.809. The first-order chi connectivity index (χ1) is 7.40. The number of amides is 1. The standard InChI is InChI=1S/C10H17F3N2O/c1-15(7-5-10(11,12)13)9(16)8-4-2-3-6-14-8/h8,14H,2-7H2,1H3/t8-/m1/s1. The van der Waals surface area contributed by atoms with Gasteiger partial charge in [0.1, 0.15) is 0 Å². The number of nitrogens with one attached hydrogen (secondary N) is 1. The molecule has 0 radical (unpaired) electrons. The minimum Gasteiger partial charge on any atom is -0.344 e. The summed E-state index contributed by atoms with van der Waals surface area (Å²) in [5.74, 6) is -0.232. The van der Waals surface area contributed by atoms with Gasteiger partial charge in [0.25, 0.3) is 0 Å². The van der Waals surface area contributed by atoms with E-state index in [4.69, 9.17) is 0 Å². The van der Waals surface area contributed by atoms with E-state index in [1.54, 1.807) is 0 Å². The van der Waals surface area contributed by atoms with E-state index in [9.17, 15) is 18.0 Å². The molecule has 94 valence electrons. The summed E-state index contributed by atoms with van der Waals surface area (Å²) < 4.78 is 35.9. The van der Waals surface area contributed by atoms with E-state index in [0.29, 0.717) is 0 Å². The molecule has 0 unspecified atom stereocenters. The van der Waals surface area contributed by atoms with Crippen molar-refractivity contribution in [3.8, 4) is 0 Å². The Morgan fingerprint density at radius 3 is 2.62 bits per heavy atom. The van der Waals surface area contributed by atoms with Crippen LogP contribution in [-0.2, 0) is 4.79 Å². The first-order valence-electron chi connectivity index (χ1n) is 5.45. The third-order valence-electron chi connectivity index (χ3n) is 2.72. The van der Waals surface area contributed by atoms with Gasteiger partial charge in [0.2, 0.25) is 5.91 Å². The van der Waals surface area contributed by atoms with Gasteiger partial charge < -0.3 is 10.2 Å². The van der Waals surface area contributed by atoms with Crippen LogP contribution in [-0.4, -0.2) is 43.2 Å². The number of piperidine rings is 1. The molecular formula is C10H17F3N2O. The summed E-state index contributed by atoms with van der Waals surface area (Å²) in [5.41, 5.74) is 0. The second-order valence-electron chi connectivity index (χ2n) is 4.13. The van der Waals surface area contributed by atoms with Crippen molar-refractivity contribution in [1.82, 2.24) is 10.2 Å². The second kappa shape index (κ2) is 5.52. The fourth-order valence-electron chi connectivity index (χ4n) is 1.73. The number of carbonyl (C=O) groups is 1. The van der Waals surface area contributed by atoms with Crippen LogP contribution in [0.15, 0.2) is 0 Å². The third-order valence-corrected chi connectivity index (χ3v) is 2.72. The first kappa shape index (κ1) is 13.3. The fourth-order valence-corrected chi connectivity index (χ4v) is 1.73. The number of alkyl halides is 3. The monoisotopic (exact) mass is 238 g/mol. The van der Waals surface area contributed by atoms with Gasteiger partial charge in [-0.3, -0.25) is 4.79 Å². The zero-order valence-corrected chi connectivity index (χ0v) is 9.31. The molecule has 1 aliphatic heterocycles. The Morgan fingerprint density at radius 1 is 1.44 bits per heavy atom. The van der Waals surface area contributed by atoms with Crippen LogP contribution in [0.4, 0.5) is 13.2 Å². The SMILES string of the molecule is CN(CCC(F)(F)F)C(=O)[C@H]1CCCCN1. The van der Waals surface area contributed by atoms with Crippen LogP contribution in [0.5, 0.6) is 0 Å². The Bertz CT molecular complexity index is 237. The van der Waals surface area contributed by atoms with E-state index in [2.05, 4.69) is 5.32 Å². The molecule has 1 heterocycles. The molecule has 0 aromatic rings. The molecule has 1 aliphatic rings. The summed E-state index contributed by atoms with van der Waals surface area (Å²) in [6.07, 6.45) is -2.45. The summed E-state index contributed by atoms with van der Waals surface area (Å²) in [4.78, 5) is 12.9. The van der Waals surface area contributed by atoms with Crippen molar-refractivity contribution in [2.45, 2.75) is 37.9 Å². The zero-order valence-electron chi connectivity index (χ0n) is 9.31. The number of nitrogens with zero attached hydrogens (tertiary/aromatic N) is 1. The summed E-state index contributed by atoms with van der Waals surface area (Å²) >= 11 is 0. The molecule has 6 heteroatoms. The number of likely N-dealkylation sites (N-methyl/N-ethyl adjacent to an activating group) is 1. The lowest BCUT2D eigenvalue weighted by molar-refractivity contribution is -0.145. The van der Waals surface area contributed by atoms with Crippen molar-refractivity contribution in [1.29, 1.82) is 0 Å². The van der Waals surface area contributed by atoms with Crippen LogP contribution in [0.2, 0.25) is 0 Å². The molecule has 1 amide bonds. The number of hydrogen-bond acceptors (Lipinski definition) is 2. The Labute approximate surface area is 93.0 Å². The molecule has 0 aromatic heterocycles. The van der Waals surface area contributed by atoms with Crippen molar-refractivity contribution >= 4 is 5.91 Å². The highest BCUT2D eigenvalue weighted by Crippen LogP contribution is 2.20. The van der Waals surface area contributed by atoms with Crippen molar-refractivity contribution in [3.05, 3.63) is 0 Å². The van der Waals surface area contributed by atoms with Crippen LogP contribution in [0.25, 0.3) is 0 Å². The van der Waals surface area contributed by atoms with Crippen LogP contribution < -0.4 is 5.32 Å². The van der Waals surface area contributed by atoms with Gasteiger partial charge >= 0.3 is 6.18 Å². The molecule has 0 aromatic carbocycles. The largest absolute Gasteiger partial charge is 0.390 e. The lowest BCUT2D eigenvalue weighted by Crippen LogP contribution is -2.47. The minimum atomic E-state index is -4.20.